The SMILES string of the molecule is CCN(CC(C)C#N)c1cc(N)nc(C)n1. The third-order valence-corrected chi connectivity index (χ3v) is 2.26. The highest BCUT2D eigenvalue weighted by Gasteiger charge is 2.11. The Morgan fingerprint density at radius 2 is 2.25 bits per heavy atom. The molecule has 0 aliphatic carbocycles. The van der Waals surface area contributed by atoms with E-state index in [-0.39, 0.29) is 5.92 Å². The minimum absolute atomic E-state index is 0.0311. The number of nitrogens with two attached hydrogens (primary N) is 1. The molecule has 16 heavy (non-hydrogen) atoms. The summed E-state index contributed by atoms with van der Waals surface area (Å²) >= 11 is 0. The van der Waals surface area contributed by atoms with Gasteiger partial charge in [0.2, 0.25) is 0 Å². The van der Waals surface area contributed by atoms with Crippen molar-refractivity contribution in [1.29, 1.82) is 5.26 Å². The first-order valence-electron chi connectivity index (χ1n) is 5.32. The number of nitriles is 1. The summed E-state index contributed by atoms with van der Waals surface area (Å²) in [5.74, 6) is 1.87. The van der Waals surface area contributed by atoms with Crippen LogP contribution in [0, 0.1) is 24.2 Å². The van der Waals surface area contributed by atoms with Crippen molar-refractivity contribution < 1.29 is 0 Å². The fourth-order valence-corrected chi connectivity index (χ4v) is 1.49. The van der Waals surface area contributed by atoms with Crippen LogP contribution in [0.5, 0.6) is 0 Å². The molecule has 0 aromatic carbocycles. The summed E-state index contributed by atoms with van der Waals surface area (Å²) in [4.78, 5) is 10.4. The van der Waals surface area contributed by atoms with Crippen LogP contribution in [-0.2, 0) is 0 Å². The van der Waals surface area contributed by atoms with Crippen molar-refractivity contribution in [1.82, 2.24) is 9.97 Å². The van der Waals surface area contributed by atoms with Gasteiger partial charge in [0.05, 0.1) is 12.0 Å². The first kappa shape index (κ1) is 12.2. The molecule has 0 aliphatic heterocycles. The molecule has 1 rings (SSSR count). The Balaban J connectivity index is 2.91. The number of hydrogen-bond acceptors (Lipinski definition) is 5. The smallest absolute Gasteiger partial charge is 0.134 e. The molecular formula is C11H17N5. The molecule has 1 atom stereocenters. The van der Waals surface area contributed by atoms with E-state index in [1.807, 2.05) is 18.7 Å². The number of nitrogen functional groups attached to an aromatic ring is 1. The fraction of sp³-hybridized carbons (Fsp3) is 0.545. The number of aryl methyl sites for hydroxylation is 1. The van der Waals surface area contributed by atoms with Gasteiger partial charge in [-0.1, -0.05) is 0 Å². The molecule has 0 radical (unpaired) electrons. The molecule has 0 fully saturated rings. The minimum atomic E-state index is -0.0311. The van der Waals surface area contributed by atoms with Crippen LogP contribution in [0.2, 0.25) is 0 Å². The van der Waals surface area contributed by atoms with Crippen LogP contribution < -0.4 is 10.6 Å². The second-order valence-corrected chi connectivity index (χ2v) is 3.77. The minimum Gasteiger partial charge on any atom is -0.384 e. The summed E-state index contributed by atoms with van der Waals surface area (Å²) in [6.07, 6.45) is 0. The van der Waals surface area contributed by atoms with E-state index in [1.165, 1.54) is 0 Å². The van der Waals surface area contributed by atoms with E-state index >= 15 is 0 Å². The highest BCUT2D eigenvalue weighted by atomic mass is 15.2. The van der Waals surface area contributed by atoms with Gasteiger partial charge < -0.3 is 10.6 Å². The number of anilines is 2. The zero-order chi connectivity index (χ0) is 12.1. The van der Waals surface area contributed by atoms with Crippen molar-refractivity contribution in [3.05, 3.63) is 11.9 Å². The van der Waals surface area contributed by atoms with E-state index in [9.17, 15) is 0 Å². The summed E-state index contributed by atoms with van der Waals surface area (Å²) in [6, 6.07) is 3.95. The Morgan fingerprint density at radius 1 is 1.56 bits per heavy atom. The molecule has 1 unspecified atom stereocenters. The molecule has 2 N–H and O–H groups in total. The summed E-state index contributed by atoms with van der Waals surface area (Å²) < 4.78 is 0. The number of hydrogen-bond donors (Lipinski definition) is 1. The van der Waals surface area contributed by atoms with Gasteiger partial charge in [0.25, 0.3) is 0 Å². The topological polar surface area (TPSA) is 78.8 Å². The summed E-state index contributed by atoms with van der Waals surface area (Å²) in [7, 11) is 0. The molecule has 0 amide bonds. The van der Waals surface area contributed by atoms with Gasteiger partial charge in [0, 0.05) is 19.2 Å². The summed E-state index contributed by atoms with van der Waals surface area (Å²) in [5.41, 5.74) is 5.67. The largest absolute Gasteiger partial charge is 0.384 e. The normalized spacial score (nSPS) is 11.9. The van der Waals surface area contributed by atoms with Crippen molar-refractivity contribution in [2.45, 2.75) is 20.8 Å². The lowest BCUT2D eigenvalue weighted by Crippen LogP contribution is -2.29. The lowest BCUT2D eigenvalue weighted by molar-refractivity contribution is 0.677. The van der Waals surface area contributed by atoms with Crippen molar-refractivity contribution in [2.75, 3.05) is 23.7 Å². The lowest BCUT2D eigenvalue weighted by atomic mass is 10.2. The van der Waals surface area contributed by atoms with Gasteiger partial charge in [-0.25, -0.2) is 9.97 Å². The van der Waals surface area contributed by atoms with E-state index < -0.39 is 0 Å². The molecule has 0 spiro atoms. The molecule has 0 saturated heterocycles. The molecular weight excluding hydrogens is 202 g/mol. The van der Waals surface area contributed by atoms with Crippen LogP contribution in [0.25, 0.3) is 0 Å². The zero-order valence-corrected chi connectivity index (χ0v) is 9.94. The molecule has 1 aromatic heterocycles. The van der Waals surface area contributed by atoms with Crippen LogP contribution in [0.3, 0.4) is 0 Å². The Hall–Kier alpha value is -1.83. The second kappa shape index (κ2) is 5.31. The quantitative estimate of drug-likeness (QED) is 0.827. The molecule has 1 heterocycles. The third-order valence-electron chi connectivity index (χ3n) is 2.26. The average molecular weight is 219 g/mol. The van der Waals surface area contributed by atoms with Crippen molar-refractivity contribution in [3.63, 3.8) is 0 Å². The second-order valence-electron chi connectivity index (χ2n) is 3.77. The fourth-order valence-electron chi connectivity index (χ4n) is 1.49. The van der Waals surface area contributed by atoms with Crippen LogP contribution in [-0.4, -0.2) is 23.1 Å². The summed E-state index contributed by atoms with van der Waals surface area (Å²) in [5, 5.41) is 8.80. The van der Waals surface area contributed by atoms with Crippen LogP contribution in [0.4, 0.5) is 11.6 Å². The zero-order valence-electron chi connectivity index (χ0n) is 9.94. The van der Waals surface area contributed by atoms with E-state index in [4.69, 9.17) is 11.0 Å². The highest BCUT2D eigenvalue weighted by molar-refractivity contribution is 5.46. The van der Waals surface area contributed by atoms with Gasteiger partial charge >= 0.3 is 0 Å². The van der Waals surface area contributed by atoms with E-state index in [0.717, 1.165) is 12.4 Å². The highest BCUT2D eigenvalue weighted by Crippen LogP contribution is 2.15. The Labute approximate surface area is 95.9 Å². The maximum atomic E-state index is 8.80. The van der Waals surface area contributed by atoms with E-state index in [0.29, 0.717) is 18.2 Å². The molecule has 1 aromatic rings. The van der Waals surface area contributed by atoms with Gasteiger partial charge in [-0.2, -0.15) is 5.26 Å². The number of aromatic nitrogens is 2. The predicted molar refractivity (Wildman–Crippen MR) is 63.8 cm³/mol. The Bertz CT molecular complexity index is 376. The van der Waals surface area contributed by atoms with Crippen molar-refractivity contribution in [3.8, 4) is 6.07 Å². The molecule has 5 heteroatoms. The Kier molecular flexibility index (Phi) is 4.06. The number of rotatable bonds is 4. The van der Waals surface area contributed by atoms with Crippen molar-refractivity contribution in [2.24, 2.45) is 5.92 Å². The average Bonchev–Trinajstić information content (AvgIpc) is 2.24. The predicted octanol–water partition coefficient (Wildman–Crippen LogP) is 1.35. The maximum Gasteiger partial charge on any atom is 0.134 e. The van der Waals surface area contributed by atoms with Crippen LogP contribution in [0.15, 0.2) is 6.07 Å². The van der Waals surface area contributed by atoms with E-state index in [2.05, 4.69) is 16.0 Å². The van der Waals surface area contributed by atoms with Crippen molar-refractivity contribution >= 4 is 11.6 Å². The molecule has 86 valence electrons. The number of nitrogens with zero attached hydrogens (tertiary/aromatic N) is 4. The molecule has 0 saturated carbocycles. The van der Waals surface area contributed by atoms with Gasteiger partial charge in [-0.15, -0.1) is 0 Å². The van der Waals surface area contributed by atoms with Gasteiger partial charge in [-0.05, 0) is 20.8 Å². The first-order chi connectivity index (χ1) is 7.56. The van der Waals surface area contributed by atoms with Crippen LogP contribution in [0.1, 0.15) is 19.7 Å². The molecule has 0 aliphatic rings. The maximum absolute atomic E-state index is 8.80. The van der Waals surface area contributed by atoms with Crippen LogP contribution >= 0.6 is 0 Å². The van der Waals surface area contributed by atoms with Gasteiger partial charge in [0.15, 0.2) is 0 Å². The standard InChI is InChI=1S/C11H17N5/c1-4-16(7-8(2)6-12)11-5-10(13)14-9(3)15-11/h5,8H,4,7H2,1-3H3,(H2,13,14,15). The Morgan fingerprint density at radius 3 is 2.75 bits per heavy atom. The van der Waals surface area contributed by atoms with E-state index in [1.54, 1.807) is 13.0 Å². The first-order valence-corrected chi connectivity index (χ1v) is 5.32. The molecule has 5 nitrogen and oxygen atoms in total. The summed E-state index contributed by atoms with van der Waals surface area (Å²) in [6.45, 7) is 7.17. The van der Waals surface area contributed by atoms with Gasteiger partial charge in [-0.3, -0.25) is 0 Å². The third kappa shape index (κ3) is 3.09. The monoisotopic (exact) mass is 219 g/mol. The molecule has 0 bridgehead atoms. The van der Waals surface area contributed by atoms with Gasteiger partial charge in [0.1, 0.15) is 17.5 Å². The lowest BCUT2D eigenvalue weighted by Gasteiger charge is -2.23.